The van der Waals surface area contributed by atoms with Crippen LogP contribution in [-0.4, -0.2) is 50.2 Å². The summed E-state index contributed by atoms with van der Waals surface area (Å²) >= 11 is 0. The molecule has 1 rings (SSSR count). The Labute approximate surface area is 105 Å². The van der Waals surface area contributed by atoms with Crippen LogP contribution in [0.25, 0.3) is 0 Å². The Balaban J connectivity index is 1.98. The van der Waals surface area contributed by atoms with Crippen LogP contribution in [0.2, 0.25) is 0 Å². The van der Waals surface area contributed by atoms with E-state index in [1.54, 1.807) is 0 Å². The third-order valence-corrected chi connectivity index (χ3v) is 3.08. The number of hydrogen-bond acceptors (Lipinski definition) is 4. The van der Waals surface area contributed by atoms with Gasteiger partial charge in [0.05, 0.1) is 18.8 Å². The molecule has 1 aliphatic heterocycles. The largest absolute Gasteiger partial charge is 0.389 e. The first-order valence-corrected chi connectivity index (χ1v) is 6.67. The summed E-state index contributed by atoms with van der Waals surface area (Å²) in [5.41, 5.74) is 0. The lowest BCUT2D eigenvalue weighted by Crippen LogP contribution is -2.35. The van der Waals surface area contributed by atoms with Crippen LogP contribution >= 0.6 is 0 Å². The van der Waals surface area contributed by atoms with Crippen LogP contribution in [-0.2, 0) is 9.47 Å². The highest BCUT2D eigenvalue weighted by Crippen LogP contribution is 2.19. The first kappa shape index (κ1) is 14.9. The van der Waals surface area contributed by atoms with Crippen molar-refractivity contribution in [1.82, 2.24) is 5.32 Å². The van der Waals surface area contributed by atoms with Gasteiger partial charge in [-0.1, -0.05) is 13.8 Å². The fourth-order valence-electron chi connectivity index (χ4n) is 1.98. The smallest absolute Gasteiger partial charge is 0.0897 e. The Bertz CT molecular complexity index is 199. The molecule has 1 saturated heterocycles. The molecule has 4 nitrogen and oxygen atoms in total. The van der Waals surface area contributed by atoms with Crippen molar-refractivity contribution in [3.8, 4) is 0 Å². The van der Waals surface area contributed by atoms with E-state index >= 15 is 0 Å². The van der Waals surface area contributed by atoms with Crippen LogP contribution in [0.15, 0.2) is 0 Å². The normalized spacial score (nSPS) is 26.6. The zero-order valence-corrected chi connectivity index (χ0v) is 11.3. The number of hydrogen-bond donors (Lipinski definition) is 2. The van der Waals surface area contributed by atoms with Crippen LogP contribution in [0.1, 0.15) is 27.2 Å². The van der Waals surface area contributed by atoms with Gasteiger partial charge in [-0.2, -0.15) is 0 Å². The third kappa shape index (κ3) is 6.36. The zero-order valence-electron chi connectivity index (χ0n) is 11.3. The Morgan fingerprint density at radius 1 is 1.41 bits per heavy atom. The predicted octanol–water partition coefficient (Wildman–Crippen LogP) is 1.03. The van der Waals surface area contributed by atoms with Gasteiger partial charge in [-0.15, -0.1) is 0 Å². The Morgan fingerprint density at radius 2 is 2.18 bits per heavy atom. The van der Waals surface area contributed by atoms with E-state index in [4.69, 9.17) is 9.47 Å². The molecule has 0 spiro atoms. The van der Waals surface area contributed by atoms with E-state index in [0.29, 0.717) is 37.7 Å². The number of nitrogens with one attached hydrogen (secondary N) is 1. The van der Waals surface area contributed by atoms with Gasteiger partial charge >= 0.3 is 0 Å². The minimum absolute atomic E-state index is 0.344. The second kappa shape index (κ2) is 8.03. The summed E-state index contributed by atoms with van der Waals surface area (Å²) in [6.07, 6.45) is 1.05. The summed E-state index contributed by atoms with van der Waals surface area (Å²) in [5.74, 6) is 1.10. The summed E-state index contributed by atoms with van der Waals surface area (Å²) < 4.78 is 10.9. The minimum atomic E-state index is -0.411. The van der Waals surface area contributed by atoms with Gasteiger partial charge in [-0.3, -0.25) is 0 Å². The lowest BCUT2D eigenvalue weighted by Gasteiger charge is -2.17. The fourth-order valence-corrected chi connectivity index (χ4v) is 1.98. The highest BCUT2D eigenvalue weighted by Gasteiger charge is 2.23. The Morgan fingerprint density at radius 3 is 2.76 bits per heavy atom. The van der Waals surface area contributed by atoms with Crippen LogP contribution in [0.5, 0.6) is 0 Å². The number of ether oxygens (including phenoxy) is 2. The highest BCUT2D eigenvalue weighted by molar-refractivity contribution is 4.75. The standard InChI is InChI=1S/C13H27NO3/c1-10(2)8-16-9-13(15)7-14-6-12-4-5-17-11(12)3/h10-15H,4-9H2,1-3H3. The average molecular weight is 245 g/mol. The topological polar surface area (TPSA) is 50.7 Å². The maximum absolute atomic E-state index is 9.68. The van der Waals surface area contributed by atoms with Crippen LogP contribution < -0.4 is 5.32 Å². The van der Waals surface area contributed by atoms with Crippen molar-refractivity contribution in [1.29, 1.82) is 0 Å². The molecule has 0 aliphatic carbocycles. The van der Waals surface area contributed by atoms with Gasteiger partial charge in [-0.25, -0.2) is 0 Å². The average Bonchev–Trinajstić information content (AvgIpc) is 2.64. The molecule has 3 atom stereocenters. The molecule has 3 unspecified atom stereocenters. The van der Waals surface area contributed by atoms with Crippen molar-refractivity contribution in [3.63, 3.8) is 0 Å². The maximum atomic E-state index is 9.68. The Hall–Kier alpha value is -0.160. The lowest BCUT2D eigenvalue weighted by atomic mass is 10.0. The van der Waals surface area contributed by atoms with Gasteiger partial charge in [0.15, 0.2) is 0 Å². The van der Waals surface area contributed by atoms with E-state index in [1.807, 2.05) is 0 Å². The van der Waals surface area contributed by atoms with Crippen molar-refractivity contribution in [2.45, 2.75) is 39.4 Å². The van der Waals surface area contributed by atoms with E-state index < -0.39 is 6.10 Å². The molecule has 1 heterocycles. The van der Waals surface area contributed by atoms with Crippen molar-refractivity contribution >= 4 is 0 Å². The number of rotatable bonds is 8. The molecule has 0 aromatic carbocycles. The molecular formula is C13H27NO3. The Kier molecular flexibility index (Phi) is 7.04. The molecule has 0 saturated carbocycles. The van der Waals surface area contributed by atoms with Gasteiger partial charge < -0.3 is 19.9 Å². The van der Waals surface area contributed by atoms with Crippen molar-refractivity contribution in [3.05, 3.63) is 0 Å². The maximum Gasteiger partial charge on any atom is 0.0897 e. The molecule has 2 N–H and O–H groups in total. The zero-order chi connectivity index (χ0) is 12.7. The van der Waals surface area contributed by atoms with Gasteiger partial charge in [0.2, 0.25) is 0 Å². The summed E-state index contributed by atoms with van der Waals surface area (Å²) in [4.78, 5) is 0. The molecule has 1 aliphatic rings. The first-order chi connectivity index (χ1) is 8.09. The predicted molar refractivity (Wildman–Crippen MR) is 68.1 cm³/mol. The molecule has 0 aromatic heterocycles. The highest BCUT2D eigenvalue weighted by atomic mass is 16.5. The summed E-state index contributed by atoms with van der Waals surface area (Å²) in [6.45, 7) is 9.84. The van der Waals surface area contributed by atoms with Crippen LogP contribution in [0.4, 0.5) is 0 Å². The number of aliphatic hydroxyl groups is 1. The molecular weight excluding hydrogens is 218 g/mol. The molecule has 1 fully saturated rings. The number of aliphatic hydroxyl groups excluding tert-OH is 1. The van der Waals surface area contributed by atoms with Crippen molar-refractivity contribution in [2.75, 3.05) is 32.9 Å². The molecule has 4 heteroatoms. The molecule has 0 bridgehead atoms. The molecule has 0 amide bonds. The van der Waals surface area contributed by atoms with Crippen molar-refractivity contribution in [2.24, 2.45) is 11.8 Å². The molecule has 102 valence electrons. The first-order valence-electron chi connectivity index (χ1n) is 6.67. The van der Waals surface area contributed by atoms with Gasteiger partial charge in [0.1, 0.15) is 0 Å². The van der Waals surface area contributed by atoms with Crippen molar-refractivity contribution < 1.29 is 14.6 Å². The lowest BCUT2D eigenvalue weighted by molar-refractivity contribution is 0.0253. The van der Waals surface area contributed by atoms with E-state index in [1.165, 1.54) is 0 Å². The van der Waals surface area contributed by atoms with E-state index in [2.05, 4.69) is 26.1 Å². The third-order valence-electron chi connectivity index (χ3n) is 3.08. The monoisotopic (exact) mass is 245 g/mol. The summed E-state index contributed by atoms with van der Waals surface area (Å²) in [6, 6.07) is 0. The quantitative estimate of drug-likeness (QED) is 0.671. The van der Waals surface area contributed by atoms with Gasteiger partial charge in [0, 0.05) is 26.3 Å². The second-order valence-corrected chi connectivity index (χ2v) is 5.37. The van der Waals surface area contributed by atoms with Crippen LogP contribution in [0, 0.1) is 11.8 Å². The molecule has 0 aromatic rings. The fraction of sp³-hybridized carbons (Fsp3) is 1.00. The van der Waals surface area contributed by atoms with E-state index in [0.717, 1.165) is 19.6 Å². The SMILES string of the molecule is CC(C)COCC(O)CNCC1CCOC1C. The van der Waals surface area contributed by atoms with E-state index in [9.17, 15) is 5.11 Å². The summed E-state index contributed by atoms with van der Waals surface area (Å²) in [7, 11) is 0. The van der Waals surface area contributed by atoms with Gasteiger partial charge in [0.25, 0.3) is 0 Å². The molecule has 17 heavy (non-hydrogen) atoms. The second-order valence-electron chi connectivity index (χ2n) is 5.37. The van der Waals surface area contributed by atoms with Gasteiger partial charge in [-0.05, 0) is 25.2 Å². The summed E-state index contributed by atoms with van der Waals surface area (Å²) in [5, 5.41) is 13.0. The van der Waals surface area contributed by atoms with E-state index in [-0.39, 0.29) is 0 Å². The molecule has 0 radical (unpaired) electrons. The minimum Gasteiger partial charge on any atom is -0.389 e. The van der Waals surface area contributed by atoms with Crippen LogP contribution in [0.3, 0.4) is 0 Å².